The Labute approximate surface area is 257 Å². The highest BCUT2D eigenvalue weighted by atomic mass is 35.5. The van der Waals surface area contributed by atoms with Crippen LogP contribution in [0, 0.1) is 18.3 Å². The molecule has 0 aliphatic carbocycles. The Balaban J connectivity index is 1.57. The molecule has 43 heavy (non-hydrogen) atoms. The molecule has 10 heteroatoms. The molecule has 3 aromatic carbocycles. The van der Waals surface area contributed by atoms with Crippen LogP contribution in [0.25, 0.3) is 6.08 Å². The Morgan fingerprint density at radius 3 is 2.60 bits per heavy atom. The van der Waals surface area contributed by atoms with Gasteiger partial charge in [-0.3, -0.25) is 9.36 Å². The number of hydrogen-bond acceptors (Lipinski definition) is 8. The third-order valence-corrected chi connectivity index (χ3v) is 8.23. The molecule has 0 spiro atoms. The fourth-order valence-electron chi connectivity index (χ4n) is 4.88. The van der Waals surface area contributed by atoms with Gasteiger partial charge in [-0.1, -0.05) is 71.0 Å². The molecular formula is C33H28ClN3O5S. The normalized spacial score (nSPS) is 14.5. The zero-order valence-electron chi connectivity index (χ0n) is 24.0. The Hall–Kier alpha value is -4.65. The first-order valence-electron chi connectivity index (χ1n) is 13.5. The van der Waals surface area contributed by atoms with Gasteiger partial charge in [-0.15, -0.1) is 0 Å². The van der Waals surface area contributed by atoms with E-state index in [2.05, 4.69) is 11.1 Å². The molecule has 2 heterocycles. The number of ether oxygens (including phenoxy) is 3. The number of thiazole rings is 1. The largest absolute Gasteiger partial charge is 0.493 e. The molecule has 5 rings (SSSR count). The van der Waals surface area contributed by atoms with Crippen molar-refractivity contribution in [1.29, 1.82) is 5.26 Å². The summed E-state index contributed by atoms with van der Waals surface area (Å²) in [6.07, 6.45) is 1.71. The lowest BCUT2D eigenvalue weighted by molar-refractivity contribution is -0.139. The number of nitrogens with zero attached hydrogens (tertiary/aromatic N) is 3. The number of fused-ring (bicyclic) bond motifs is 1. The van der Waals surface area contributed by atoms with Crippen LogP contribution in [0.1, 0.15) is 47.7 Å². The van der Waals surface area contributed by atoms with Crippen LogP contribution in [0.2, 0.25) is 5.02 Å². The number of allylic oxidation sites excluding steroid dienone is 1. The lowest BCUT2D eigenvalue weighted by atomic mass is 9.95. The van der Waals surface area contributed by atoms with E-state index in [1.807, 2.05) is 43.3 Å². The Kier molecular flexibility index (Phi) is 8.81. The second kappa shape index (κ2) is 12.7. The summed E-state index contributed by atoms with van der Waals surface area (Å²) in [7, 11) is 1.50. The van der Waals surface area contributed by atoms with Crippen LogP contribution in [0.15, 0.2) is 81.7 Å². The molecule has 1 aliphatic rings. The molecule has 0 bridgehead atoms. The maximum atomic E-state index is 13.9. The third kappa shape index (κ3) is 5.98. The minimum absolute atomic E-state index is 0.124. The van der Waals surface area contributed by atoms with Crippen molar-refractivity contribution in [3.63, 3.8) is 0 Å². The summed E-state index contributed by atoms with van der Waals surface area (Å²) in [5, 5.41) is 9.67. The average Bonchev–Trinajstić information content (AvgIpc) is 3.30. The summed E-state index contributed by atoms with van der Waals surface area (Å²) in [6.45, 7) is 5.80. The maximum Gasteiger partial charge on any atom is 0.338 e. The van der Waals surface area contributed by atoms with Crippen molar-refractivity contribution >= 4 is 35.0 Å². The first-order chi connectivity index (χ1) is 20.7. The van der Waals surface area contributed by atoms with Crippen LogP contribution in [0.3, 0.4) is 0 Å². The number of methoxy groups -OCH3 is 1. The number of esters is 1. The Bertz CT molecular complexity index is 1970. The Morgan fingerprint density at radius 1 is 1.16 bits per heavy atom. The quantitative estimate of drug-likeness (QED) is 0.253. The van der Waals surface area contributed by atoms with Gasteiger partial charge in [-0.05, 0) is 56.2 Å². The van der Waals surface area contributed by atoms with Gasteiger partial charge >= 0.3 is 5.97 Å². The predicted molar refractivity (Wildman–Crippen MR) is 165 cm³/mol. The van der Waals surface area contributed by atoms with E-state index in [9.17, 15) is 14.9 Å². The second-order valence-corrected chi connectivity index (χ2v) is 11.2. The number of aromatic nitrogens is 1. The van der Waals surface area contributed by atoms with Crippen molar-refractivity contribution < 1.29 is 19.0 Å². The van der Waals surface area contributed by atoms with Gasteiger partial charge in [-0.2, -0.15) is 5.26 Å². The Morgan fingerprint density at radius 2 is 1.91 bits per heavy atom. The van der Waals surface area contributed by atoms with Crippen LogP contribution in [0.5, 0.6) is 11.5 Å². The highest BCUT2D eigenvalue weighted by Crippen LogP contribution is 2.37. The molecule has 8 nitrogen and oxygen atoms in total. The van der Waals surface area contributed by atoms with Crippen LogP contribution >= 0.6 is 22.9 Å². The number of carbonyl (C=O) groups excluding carboxylic acids is 1. The fraction of sp³-hybridized carbons (Fsp3) is 0.212. The molecule has 0 saturated heterocycles. The fourth-order valence-corrected chi connectivity index (χ4v) is 6.20. The maximum absolute atomic E-state index is 13.9. The molecular weight excluding hydrogens is 586 g/mol. The van der Waals surface area contributed by atoms with E-state index < -0.39 is 12.0 Å². The van der Waals surface area contributed by atoms with Crippen molar-refractivity contribution in [2.45, 2.75) is 33.4 Å². The number of carbonyl (C=O) groups is 1. The summed E-state index contributed by atoms with van der Waals surface area (Å²) in [5.41, 5.74) is 4.21. The van der Waals surface area contributed by atoms with Crippen LogP contribution in [-0.2, 0) is 16.1 Å². The SMILES string of the molecule is CCOC(=O)C1=C(C)N=c2s/c(=C/c3cc(Cl)c(OCc4ccccc4C#N)c(OC)c3)c(=O)n2[C@@H]1c1ccc(C)cc1. The lowest BCUT2D eigenvalue weighted by Gasteiger charge is -2.24. The summed E-state index contributed by atoms with van der Waals surface area (Å²) >= 11 is 7.85. The monoisotopic (exact) mass is 613 g/mol. The minimum atomic E-state index is -0.691. The zero-order valence-corrected chi connectivity index (χ0v) is 25.6. The molecule has 0 saturated carbocycles. The van der Waals surface area contributed by atoms with Crippen molar-refractivity contribution in [1.82, 2.24) is 4.57 Å². The van der Waals surface area contributed by atoms with Gasteiger partial charge in [0.05, 0.1) is 52.2 Å². The van der Waals surface area contributed by atoms with Crippen molar-refractivity contribution in [2.75, 3.05) is 13.7 Å². The summed E-state index contributed by atoms with van der Waals surface area (Å²) in [4.78, 5) is 32.1. The van der Waals surface area contributed by atoms with Crippen molar-refractivity contribution in [3.05, 3.63) is 124 Å². The van der Waals surface area contributed by atoms with Gasteiger partial charge in [0.1, 0.15) is 6.61 Å². The molecule has 1 aliphatic heterocycles. The number of halogens is 1. The number of hydrogen-bond donors (Lipinski definition) is 0. The molecule has 218 valence electrons. The van der Waals surface area contributed by atoms with E-state index in [1.54, 1.807) is 48.8 Å². The number of rotatable bonds is 8. The number of aryl methyl sites for hydroxylation is 1. The molecule has 1 aromatic heterocycles. The van der Waals surface area contributed by atoms with Crippen molar-refractivity contribution in [3.8, 4) is 17.6 Å². The highest BCUT2D eigenvalue weighted by Gasteiger charge is 2.33. The molecule has 4 aromatic rings. The van der Waals surface area contributed by atoms with Crippen LogP contribution < -0.4 is 24.4 Å². The smallest absolute Gasteiger partial charge is 0.338 e. The first kappa shape index (κ1) is 29.8. The van der Waals surface area contributed by atoms with Gasteiger partial charge in [0.2, 0.25) is 0 Å². The molecule has 0 N–H and O–H groups in total. The standard InChI is InChI=1S/C33H28ClN3O5S/c1-5-41-32(39)28-20(3)36-33-37(29(28)22-12-10-19(2)11-13-22)31(38)27(43-33)16-21-14-25(34)30(26(15-21)40-4)42-18-24-9-7-6-8-23(24)17-35/h6-16,29H,5,18H2,1-4H3/b27-16+/t29-/m1/s1. The molecule has 0 unspecified atom stereocenters. The second-order valence-electron chi connectivity index (χ2n) is 9.80. The van der Waals surface area contributed by atoms with E-state index in [0.29, 0.717) is 48.8 Å². The van der Waals surface area contributed by atoms with Crippen LogP contribution in [0.4, 0.5) is 0 Å². The summed E-state index contributed by atoms with van der Waals surface area (Å²) < 4.78 is 18.9. The summed E-state index contributed by atoms with van der Waals surface area (Å²) in [6, 6.07) is 19.7. The van der Waals surface area contributed by atoms with Gasteiger partial charge in [0.25, 0.3) is 5.56 Å². The van der Waals surface area contributed by atoms with E-state index >= 15 is 0 Å². The molecule has 0 amide bonds. The summed E-state index contributed by atoms with van der Waals surface area (Å²) in [5.74, 6) is 0.191. The van der Waals surface area contributed by atoms with E-state index in [1.165, 1.54) is 18.4 Å². The van der Waals surface area contributed by atoms with Crippen molar-refractivity contribution in [2.24, 2.45) is 4.99 Å². The zero-order chi connectivity index (χ0) is 30.7. The van der Waals surface area contributed by atoms with Crippen LogP contribution in [-0.4, -0.2) is 24.3 Å². The highest BCUT2D eigenvalue weighted by molar-refractivity contribution is 7.07. The lowest BCUT2D eigenvalue weighted by Crippen LogP contribution is -2.39. The topological polar surface area (TPSA) is 103 Å². The van der Waals surface area contributed by atoms with E-state index in [4.69, 9.17) is 25.8 Å². The number of benzene rings is 3. The minimum Gasteiger partial charge on any atom is -0.493 e. The first-order valence-corrected chi connectivity index (χ1v) is 14.7. The predicted octanol–water partition coefficient (Wildman–Crippen LogP) is 5.22. The molecule has 0 radical (unpaired) electrons. The third-order valence-electron chi connectivity index (χ3n) is 6.97. The van der Waals surface area contributed by atoms with E-state index in [-0.39, 0.29) is 23.8 Å². The van der Waals surface area contributed by atoms with Gasteiger partial charge < -0.3 is 14.2 Å². The van der Waals surface area contributed by atoms with Gasteiger partial charge in [0, 0.05) is 5.56 Å². The van der Waals surface area contributed by atoms with Gasteiger partial charge in [-0.25, -0.2) is 9.79 Å². The molecule has 0 fully saturated rings. The average molecular weight is 614 g/mol. The number of nitriles is 1. The van der Waals surface area contributed by atoms with Gasteiger partial charge in [0.15, 0.2) is 16.3 Å². The molecule has 1 atom stereocenters. The van der Waals surface area contributed by atoms with E-state index in [0.717, 1.165) is 11.1 Å².